The van der Waals surface area contributed by atoms with Gasteiger partial charge in [0.25, 0.3) is 0 Å². The summed E-state index contributed by atoms with van der Waals surface area (Å²) in [4.78, 5) is 11.7. The minimum absolute atomic E-state index is 0.0223. The number of benzene rings is 1. The lowest BCUT2D eigenvalue weighted by Gasteiger charge is -2.08. The maximum atomic E-state index is 11.7. The zero-order valence-electron chi connectivity index (χ0n) is 11.2. The molecule has 3 heteroatoms. The fourth-order valence-corrected chi connectivity index (χ4v) is 1.86. The van der Waals surface area contributed by atoms with Crippen molar-refractivity contribution >= 4 is 5.78 Å². The van der Waals surface area contributed by atoms with Gasteiger partial charge in [-0.2, -0.15) is 0 Å². The van der Waals surface area contributed by atoms with Crippen molar-refractivity contribution in [2.24, 2.45) is 5.92 Å². The van der Waals surface area contributed by atoms with Gasteiger partial charge < -0.3 is 9.84 Å². The summed E-state index contributed by atoms with van der Waals surface area (Å²) in [6, 6.07) is 7.93. The highest BCUT2D eigenvalue weighted by Gasteiger charge is 2.11. The first kappa shape index (κ1) is 14.7. The molecule has 3 nitrogen and oxygen atoms in total. The molecular formula is C15H22O3. The second kappa shape index (κ2) is 7.88. The van der Waals surface area contributed by atoms with Crippen LogP contribution in [-0.2, 0) is 11.2 Å². The van der Waals surface area contributed by atoms with E-state index < -0.39 is 0 Å². The molecule has 1 aromatic carbocycles. The average molecular weight is 250 g/mol. The number of ether oxygens (including phenoxy) is 1. The Morgan fingerprint density at radius 1 is 1.33 bits per heavy atom. The van der Waals surface area contributed by atoms with Gasteiger partial charge in [0.05, 0.1) is 7.11 Å². The average Bonchev–Trinajstić information content (AvgIpc) is 2.39. The molecule has 0 aliphatic heterocycles. The van der Waals surface area contributed by atoms with Gasteiger partial charge in [0.15, 0.2) is 0 Å². The Bertz CT molecular complexity index is 357. The summed E-state index contributed by atoms with van der Waals surface area (Å²) in [5.74, 6) is 1.08. The van der Waals surface area contributed by atoms with Crippen LogP contribution in [0.2, 0.25) is 0 Å². The lowest BCUT2D eigenvalue weighted by Crippen LogP contribution is -2.12. The lowest BCUT2D eigenvalue weighted by atomic mass is 9.97. The van der Waals surface area contributed by atoms with E-state index in [0.29, 0.717) is 12.8 Å². The first-order valence-electron chi connectivity index (χ1n) is 6.44. The molecule has 1 unspecified atom stereocenters. The maximum absolute atomic E-state index is 11.7. The highest BCUT2D eigenvalue weighted by molar-refractivity contribution is 5.80. The Hall–Kier alpha value is -1.35. The number of aryl methyl sites for hydroxylation is 1. The van der Waals surface area contributed by atoms with E-state index in [4.69, 9.17) is 9.84 Å². The number of rotatable bonds is 8. The third-order valence-corrected chi connectivity index (χ3v) is 3.16. The number of carbonyl (C=O) groups is 1. The van der Waals surface area contributed by atoms with Crippen molar-refractivity contribution in [2.45, 2.75) is 32.6 Å². The van der Waals surface area contributed by atoms with E-state index in [1.54, 1.807) is 7.11 Å². The Kier molecular flexibility index (Phi) is 6.44. The van der Waals surface area contributed by atoms with Crippen LogP contribution in [0.5, 0.6) is 5.75 Å². The molecule has 1 aromatic rings. The number of carbonyl (C=O) groups excluding carboxylic acids is 1. The maximum Gasteiger partial charge on any atom is 0.135 e. The van der Waals surface area contributed by atoms with Crippen molar-refractivity contribution in [2.75, 3.05) is 13.7 Å². The summed E-state index contributed by atoms with van der Waals surface area (Å²) in [6.45, 7) is 1.97. The molecule has 0 heterocycles. The van der Waals surface area contributed by atoms with Crippen LogP contribution in [0.15, 0.2) is 24.3 Å². The molecule has 0 bridgehead atoms. The molecule has 1 atom stereocenters. The number of methoxy groups -OCH3 is 1. The first-order chi connectivity index (χ1) is 8.67. The molecule has 100 valence electrons. The second-order valence-corrected chi connectivity index (χ2v) is 4.58. The predicted molar refractivity (Wildman–Crippen MR) is 71.8 cm³/mol. The Balaban J connectivity index is 2.30. The fraction of sp³-hybridized carbons (Fsp3) is 0.533. The molecule has 18 heavy (non-hydrogen) atoms. The molecule has 0 aliphatic rings. The van der Waals surface area contributed by atoms with Crippen molar-refractivity contribution in [3.8, 4) is 5.75 Å². The summed E-state index contributed by atoms with van der Waals surface area (Å²) in [5, 5.41) is 8.77. The van der Waals surface area contributed by atoms with Crippen molar-refractivity contribution in [1.82, 2.24) is 0 Å². The SMILES string of the molecule is COc1ccc(CCCC(=O)C(C)CCO)cc1. The van der Waals surface area contributed by atoms with Crippen LogP contribution >= 0.6 is 0 Å². The quantitative estimate of drug-likeness (QED) is 0.771. The summed E-state index contributed by atoms with van der Waals surface area (Å²) in [5.41, 5.74) is 1.22. The van der Waals surface area contributed by atoms with Crippen LogP contribution in [0.3, 0.4) is 0 Å². The number of Topliss-reactive ketones (excluding diaryl/α,β-unsaturated/α-hetero) is 1. The molecule has 0 amide bonds. The Labute approximate surface area is 109 Å². The molecule has 0 aromatic heterocycles. The minimum Gasteiger partial charge on any atom is -0.497 e. The van der Waals surface area contributed by atoms with Gasteiger partial charge in [-0.05, 0) is 37.0 Å². The zero-order chi connectivity index (χ0) is 13.4. The van der Waals surface area contributed by atoms with Gasteiger partial charge in [0, 0.05) is 18.9 Å². The van der Waals surface area contributed by atoms with E-state index in [1.807, 2.05) is 31.2 Å². The van der Waals surface area contributed by atoms with Crippen molar-refractivity contribution in [3.63, 3.8) is 0 Å². The fourth-order valence-electron chi connectivity index (χ4n) is 1.86. The third-order valence-electron chi connectivity index (χ3n) is 3.16. The van der Waals surface area contributed by atoms with Crippen LogP contribution in [-0.4, -0.2) is 24.6 Å². The number of hydrogen-bond donors (Lipinski definition) is 1. The van der Waals surface area contributed by atoms with E-state index in [-0.39, 0.29) is 18.3 Å². The van der Waals surface area contributed by atoms with E-state index in [9.17, 15) is 4.79 Å². The Morgan fingerprint density at radius 2 is 2.00 bits per heavy atom. The van der Waals surface area contributed by atoms with Crippen LogP contribution in [0.4, 0.5) is 0 Å². The number of hydrogen-bond acceptors (Lipinski definition) is 3. The van der Waals surface area contributed by atoms with Crippen LogP contribution in [0, 0.1) is 5.92 Å². The Morgan fingerprint density at radius 3 is 2.56 bits per heavy atom. The van der Waals surface area contributed by atoms with Crippen LogP contribution in [0.1, 0.15) is 31.7 Å². The molecular weight excluding hydrogens is 228 g/mol. The summed E-state index contributed by atoms with van der Waals surface area (Å²) < 4.78 is 5.09. The standard InChI is InChI=1S/C15H22O3/c1-12(10-11-16)15(17)5-3-4-13-6-8-14(18-2)9-7-13/h6-9,12,16H,3-5,10-11H2,1-2H3. The highest BCUT2D eigenvalue weighted by Crippen LogP contribution is 2.14. The lowest BCUT2D eigenvalue weighted by molar-refractivity contribution is -0.122. The molecule has 0 saturated heterocycles. The van der Waals surface area contributed by atoms with E-state index in [0.717, 1.165) is 18.6 Å². The molecule has 0 spiro atoms. The molecule has 1 N–H and O–H groups in total. The van der Waals surface area contributed by atoms with Gasteiger partial charge in [-0.3, -0.25) is 4.79 Å². The van der Waals surface area contributed by atoms with Gasteiger partial charge in [0.1, 0.15) is 11.5 Å². The monoisotopic (exact) mass is 250 g/mol. The largest absolute Gasteiger partial charge is 0.497 e. The van der Waals surface area contributed by atoms with Crippen molar-refractivity contribution in [3.05, 3.63) is 29.8 Å². The molecule has 0 fully saturated rings. The van der Waals surface area contributed by atoms with Gasteiger partial charge in [-0.25, -0.2) is 0 Å². The minimum atomic E-state index is -0.0223. The predicted octanol–water partition coefficient (Wildman–Crippen LogP) is 2.61. The molecule has 0 aliphatic carbocycles. The van der Waals surface area contributed by atoms with E-state index in [1.165, 1.54) is 5.56 Å². The zero-order valence-corrected chi connectivity index (χ0v) is 11.2. The van der Waals surface area contributed by atoms with E-state index in [2.05, 4.69) is 0 Å². The molecule has 0 radical (unpaired) electrons. The van der Waals surface area contributed by atoms with Gasteiger partial charge in [0.2, 0.25) is 0 Å². The van der Waals surface area contributed by atoms with Crippen molar-refractivity contribution < 1.29 is 14.6 Å². The number of aliphatic hydroxyl groups is 1. The smallest absolute Gasteiger partial charge is 0.135 e. The van der Waals surface area contributed by atoms with E-state index >= 15 is 0 Å². The van der Waals surface area contributed by atoms with Gasteiger partial charge in [-0.15, -0.1) is 0 Å². The number of ketones is 1. The number of aliphatic hydroxyl groups excluding tert-OH is 1. The topological polar surface area (TPSA) is 46.5 Å². The summed E-state index contributed by atoms with van der Waals surface area (Å²) in [6.07, 6.45) is 2.93. The van der Waals surface area contributed by atoms with Crippen molar-refractivity contribution in [1.29, 1.82) is 0 Å². The van der Waals surface area contributed by atoms with Crippen LogP contribution < -0.4 is 4.74 Å². The molecule has 1 rings (SSSR count). The first-order valence-corrected chi connectivity index (χ1v) is 6.44. The highest BCUT2D eigenvalue weighted by atomic mass is 16.5. The molecule has 0 saturated carbocycles. The third kappa shape index (κ3) is 4.88. The van der Waals surface area contributed by atoms with Crippen LogP contribution in [0.25, 0.3) is 0 Å². The normalized spacial score (nSPS) is 12.2. The summed E-state index contributed by atoms with van der Waals surface area (Å²) in [7, 11) is 1.65. The summed E-state index contributed by atoms with van der Waals surface area (Å²) >= 11 is 0. The second-order valence-electron chi connectivity index (χ2n) is 4.58. The van der Waals surface area contributed by atoms with Gasteiger partial charge in [-0.1, -0.05) is 19.1 Å². The van der Waals surface area contributed by atoms with Gasteiger partial charge >= 0.3 is 0 Å².